The largest absolute Gasteiger partial charge is 0.371 e. The fourth-order valence-electron chi connectivity index (χ4n) is 3.89. The van der Waals surface area contributed by atoms with Gasteiger partial charge < -0.3 is 10.2 Å². The van der Waals surface area contributed by atoms with Crippen LogP contribution in [0.15, 0.2) is 61.2 Å². The molecule has 0 amide bonds. The maximum absolute atomic E-state index is 13.2. The molecule has 28 heavy (non-hydrogen) atoms. The molecule has 1 fully saturated rings. The van der Waals surface area contributed by atoms with Crippen LogP contribution in [-0.2, 0) is 6.54 Å². The Balaban J connectivity index is 1.33. The highest BCUT2D eigenvalue weighted by molar-refractivity contribution is 5.68. The van der Waals surface area contributed by atoms with Crippen molar-refractivity contribution in [1.29, 1.82) is 0 Å². The standard InChI is InChI=1S/C22H26FN5/c1-17(14-28-16-24-15-25-28)26-21-9-11-27(12-10-21)22-4-2-3-19(13-22)18-5-7-20(23)8-6-18/h2-8,13,15-17,21,26H,9-12,14H2,1H3. The summed E-state index contributed by atoms with van der Waals surface area (Å²) in [5.41, 5.74) is 3.40. The first-order valence-electron chi connectivity index (χ1n) is 9.87. The molecule has 0 saturated carbocycles. The third-order valence-electron chi connectivity index (χ3n) is 5.33. The first kappa shape index (κ1) is 18.6. The SMILES string of the molecule is CC(Cn1cncn1)NC1CCN(c2cccc(-c3ccc(F)cc3)c2)CC1. The lowest BCUT2D eigenvalue weighted by Crippen LogP contribution is -2.46. The van der Waals surface area contributed by atoms with E-state index in [0.29, 0.717) is 12.1 Å². The zero-order valence-electron chi connectivity index (χ0n) is 16.1. The molecule has 1 atom stereocenters. The molecule has 3 aromatic rings. The topological polar surface area (TPSA) is 46.0 Å². The molecule has 1 aliphatic heterocycles. The first-order chi connectivity index (χ1) is 13.7. The van der Waals surface area contributed by atoms with E-state index < -0.39 is 0 Å². The molecule has 1 N–H and O–H groups in total. The van der Waals surface area contributed by atoms with Crippen LogP contribution in [0.5, 0.6) is 0 Å². The van der Waals surface area contributed by atoms with Gasteiger partial charge in [0.1, 0.15) is 18.5 Å². The number of piperidine rings is 1. The summed E-state index contributed by atoms with van der Waals surface area (Å²) >= 11 is 0. The van der Waals surface area contributed by atoms with Gasteiger partial charge in [-0.15, -0.1) is 0 Å². The molecule has 1 saturated heterocycles. The van der Waals surface area contributed by atoms with Crippen molar-refractivity contribution in [3.05, 3.63) is 67.0 Å². The van der Waals surface area contributed by atoms with Gasteiger partial charge in [-0.3, -0.25) is 4.68 Å². The summed E-state index contributed by atoms with van der Waals surface area (Å²) in [5, 5.41) is 7.90. The molecule has 1 aromatic heterocycles. The third kappa shape index (κ3) is 4.57. The van der Waals surface area contributed by atoms with Crippen LogP contribution < -0.4 is 10.2 Å². The monoisotopic (exact) mass is 379 g/mol. The van der Waals surface area contributed by atoms with Crippen LogP contribution in [0, 0.1) is 5.82 Å². The zero-order chi connectivity index (χ0) is 19.3. The Kier molecular flexibility index (Phi) is 5.67. The lowest BCUT2D eigenvalue weighted by molar-refractivity contribution is 0.348. The Morgan fingerprint density at radius 1 is 1.11 bits per heavy atom. The van der Waals surface area contributed by atoms with E-state index in [1.54, 1.807) is 12.7 Å². The molecular formula is C22H26FN5. The van der Waals surface area contributed by atoms with Gasteiger partial charge in [-0.05, 0) is 55.2 Å². The minimum absolute atomic E-state index is 0.201. The van der Waals surface area contributed by atoms with Crippen molar-refractivity contribution >= 4 is 5.69 Å². The van der Waals surface area contributed by atoms with Gasteiger partial charge in [-0.2, -0.15) is 5.10 Å². The first-order valence-corrected chi connectivity index (χ1v) is 9.87. The van der Waals surface area contributed by atoms with Gasteiger partial charge in [-0.1, -0.05) is 24.3 Å². The fourth-order valence-corrected chi connectivity index (χ4v) is 3.89. The molecule has 2 aromatic carbocycles. The third-order valence-corrected chi connectivity index (χ3v) is 5.33. The predicted molar refractivity (Wildman–Crippen MR) is 110 cm³/mol. The van der Waals surface area contributed by atoms with Crippen molar-refractivity contribution in [2.24, 2.45) is 0 Å². The normalized spacial score (nSPS) is 16.3. The molecule has 2 heterocycles. The van der Waals surface area contributed by atoms with Crippen LogP contribution in [0.25, 0.3) is 11.1 Å². The van der Waals surface area contributed by atoms with Crippen molar-refractivity contribution in [2.45, 2.75) is 38.4 Å². The van der Waals surface area contributed by atoms with Crippen LogP contribution in [-0.4, -0.2) is 39.9 Å². The van der Waals surface area contributed by atoms with Crippen molar-refractivity contribution in [2.75, 3.05) is 18.0 Å². The number of hydrogen-bond donors (Lipinski definition) is 1. The van der Waals surface area contributed by atoms with E-state index in [1.165, 1.54) is 17.8 Å². The van der Waals surface area contributed by atoms with Crippen molar-refractivity contribution in [3.63, 3.8) is 0 Å². The van der Waals surface area contributed by atoms with Gasteiger partial charge in [0.05, 0.1) is 6.54 Å². The molecule has 0 spiro atoms. The summed E-state index contributed by atoms with van der Waals surface area (Å²) in [6.45, 7) is 5.08. The minimum Gasteiger partial charge on any atom is -0.371 e. The van der Waals surface area contributed by atoms with Crippen LogP contribution >= 0.6 is 0 Å². The smallest absolute Gasteiger partial charge is 0.137 e. The quantitative estimate of drug-likeness (QED) is 0.709. The molecule has 1 aliphatic rings. The van der Waals surface area contributed by atoms with Crippen LogP contribution in [0.3, 0.4) is 0 Å². The van der Waals surface area contributed by atoms with Crippen LogP contribution in [0.2, 0.25) is 0 Å². The number of benzene rings is 2. The van der Waals surface area contributed by atoms with Gasteiger partial charge in [0.15, 0.2) is 0 Å². The van der Waals surface area contributed by atoms with Crippen LogP contribution in [0.4, 0.5) is 10.1 Å². The van der Waals surface area contributed by atoms with Crippen LogP contribution in [0.1, 0.15) is 19.8 Å². The Morgan fingerprint density at radius 3 is 2.61 bits per heavy atom. The fraction of sp³-hybridized carbons (Fsp3) is 0.364. The van der Waals surface area contributed by atoms with Crippen molar-refractivity contribution in [3.8, 4) is 11.1 Å². The molecule has 146 valence electrons. The van der Waals surface area contributed by atoms with E-state index in [2.05, 4.69) is 51.5 Å². The number of hydrogen-bond acceptors (Lipinski definition) is 4. The molecule has 5 nitrogen and oxygen atoms in total. The number of aromatic nitrogens is 3. The van der Waals surface area contributed by atoms with Crippen molar-refractivity contribution < 1.29 is 4.39 Å². The molecular weight excluding hydrogens is 353 g/mol. The molecule has 4 rings (SSSR count). The van der Waals surface area contributed by atoms with E-state index in [0.717, 1.165) is 43.6 Å². The number of rotatable bonds is 6. The lowest BCUT2D eigenvalue weighted by Gasteiger charge is -2.35. The lowest BCUT2D eigenvalue weighted by atomic mass is 10.0. The minimum atomic E-state index is -0.201. The zero-order valence-corrected chi connectivity index (χ0v) is 16.1. The highest BCUT2D eigenvalue weighted by Gasteiger charge is 2.21. The number of nitrogens with one attached hydrogen (secondary N) is 1. The second-order valence-electron chi connectivity index (χ2n) is 7.50. The van der Waals surface area contributed by atoms with Gasteiger partial charge in [0.25, 0.3) is 0 Å². The second-order valence-corrected chi connectivity index (χ2v) is 7.50. The molecule has 0 bridgehead atoms. The highest BCUT2D eigenvalue weighted by Crippen LogP contribution is 2.27. The summed E-state index contributed by atoms with van der Waals surface area (Å²) in [4.78, 5) is 6.44. The van der Waals surface area contributed by atoms with E-state index in [-0.39, 0.29) is 5.82 Å². The number of anilines is 1. The Morgan fingerprint density at radius 2 is 1.89 bits per heavy atom. The molecule has 0 aliphatic carbocycles. The van der Waals surface area contributed by atoms with E-state index >= 15 is 0 Å². The summed E-state index contributed by atoms with van der Waals surface area (Å²) in [6.07, 6.45) is 5.56. The van der Waals surface area contributed by atoms with E-state index in [1.807, 2.05) is 16.8 Å². The summed E-state index contributed by atoms with van der Waals surface area (Å²) < 4.78 is 15.1. The maximum Gasteiger partial charge on any atom is 0.137 e. The number of halogens is 1. The average Bonchev–Trinajstić information content (AvgIpc) is 3.22. The molecule has 0 radical (unpaired) electrons. The molecule has 1 unspecified atom stereocenters. The Labute approximate surface area is 165 Å². The number of nitrogens with zero attached hydrogens (tertiary/aromatic N) is 4. The van der Waals surface area contributed by atoms with Crippen molar-refractivity contribution in [1.82, 2.24) is 20.1 Å². The average molecular weight is 379 g/mol. The second kappa shape index (κ2) is 8.52. The molecule has 6 heteroatoms. The predicted octanol–water partition coefficient (Wildman–Crippen LogP) is 3.73. The Bertz CT molecular complexity index is 870. The summed E-state index contributed by atoms with van der Waals surface area (Å²) in [6, 6.07) is 16.1. The summed E-state index contributed by atoms with van der Waals surface area (Å²) in [7, 11) is 0. The van der Waals surface area contributed by atoms with Gasteiger partial charge >= 0.3 is 0 Å². The Hall–Kier alpha value is -2.73. The summed E-state index contributed by atoms with van der Waals surface area (Å²) in [5.74, 6) is -0.201. The van der Waals surface area contributed by atoms with Gasteiger partial charge in [0.2, 0.25) is 0 Å². The van der Waals surface area contributed by atoms with E-state index in [9.17, 15) is 4.39 Å². The van der Waals surface area contributed by atoms with Gasteiger partial charge in [0, 0.05) is 30.9 Å². The van der Waals surface area contributed by atoms with Gasteiger partial charge in [-0.25, -0.2) is 9.37 Å². The highest BCUT2D eigenvalue weighted by atomic mass is 19.1. The van der Waals surface area contributed by atoms with E-state index in [4.69, 9.17) is 0 Å². The maximum atomic E-state index is 13.2.